The summed E-state index contributed by atoms with van der Waals surface area (Å²) in [5.74, 6) is 0. The van der Waals surface area contributed by atoms with Crippen molar-refractivity contribution < 1.29 is 0 Å². The summed E-state index contributed by atoms with van der Waals surface area (Å²) in [5.41, 5.74) is 6.81. The Morgan fingerprint density at radius 2 is 2.27 bits per heavy atom. The van der Waals surface area contributed by atoms with Crippen molar-refractivity contribution in [3.63, 3.8) is 0 Å². The Labute approximate surface area is 93.1 Å². The molecule has 0 bridgehead atoms. The van der Waals surface area contributed by atoms with E-state index >= 15 is 0 Å². The zero-order valence-corrected chi connectivity index (χ0v) is 9.31. The third-order valence-corrected chi connectivity index (χ3v) is 3.89. The van der Waals surface area contributed by atoms with Crippen LogP contribution in [0, 0.1) is 0 Å². The van der Waals surface area contributed by atoms with Crippen LogP contribution in [0.15, 0.2) is 24.3 Å². The molecule has 15 heavy (non-hydrogen) atoms. The van der Waals surface area contributed by atoms with Gasteiger partial charge in [-0.1, -0.05) is 6.07 Å². The Balaban J connectivity index is 1.88. The quantitative estimate of drug-likeness (QED) is 0.777. The van der Waals surface area contributed by atoms with Crippen molar-refractivity contribution in [1.82, 2.24) is 5.32 Å². The second kappa shape index (κ2) is 3.51. The van der Waals surface area contributed by atoms with E-state index in [0.29, 0.717) is 0 Å². The number of hydrogen-bond acceptors (Lipinski definition) is 3. The maximum Gasteiger partial charge on any atom is 0.0402 e. The van der Waals surface area contributed by atoms with E-state index < -0.39 is 0 Å². The van der Waals surface area contributed by atoms with Gasteiger partial charge < -0.3 is 11.1 Å². The van der Waals surface area contributed by atoms with Gasteiger partial charge >= 0.3 is 0 Å². The molecule has 0 spiro atoms. The van der Waals surface area contributed by atoms with Crippen molar-refractivity contribution in [2.24, 2.45) is 0 Å². The molecule has 3 rings (SSSR count). The molecule has 1 aromatic carbocycles. The van der Waals surface area contributed by atoms with Gasteiger partial charge in [-0.25, -0.2) is 0 Å². The molecule has 3 heteroatoms. The Morgan fingerprint density at radius 3 is 3.00 bits per heavy atom. The van der Waals surface area contributed by atoms with Crippen LogP contribution in [0.5, 0.6) is 0 Å². The minimum absolute atomic E-state index is 0.771. The molecule has 1 aromatic heterocycles. The first kappa shape index (κ1) is 9.19. The van der Waals surface area contributed by atoms with Crippen molar-refractivity contribution in [3.05, 3.63) is 29.1 Å². The summed E-state index contributed by atoms with van der Waals surface area (Å²) in [4.78, 5) is 1.38. The number of nitrogens with one attached hydrogen (secondary N) is 1. The topological polar surface area (TPSA) is 38.0 Å². The average molecular weight is 218 g/mol. The lowest BCUT2D eigenvalue weighted by Gasteiger charge is -1.97. The maximum atomic E-state index is 5.92. The van der Waals surface area contributed by atoms with Crippen LogP contribution in [0.3, 0.4) is 0 Å². The predicted molar refractivity (Wildman–Crippen MR) is 66.1 cm³/mol. The molecule has 0 atom stereocenters. The molecule has 0 aliphatic heterocycles. The van der Waals surface area contributed by atoms with Gasteiger partial charge in [0.1, 0.15) is 0 Å². The molecule has 1 aliphatic carbocycles. The van der Waals surface area contributed by atoms with Crippen LogP contribution in [-0.2, 0) is 6.54 Å². The van der Waals surface area contributed by atoms with Crippen molar-refractivity contribution in [3.8, 4) is 0 Å². The molecular formula is C12H14N2S. The number of hydrogen-bond donors (Lipinski definition) is 2. The molecule has 0 unspecified atom stereocenters. The van der Waals surface area contributed by atoms with E-state index in [2.05, 4.69) is 17.4 Å². The molecule has 1 saturated carbocycles. The smallest absolute Gasteiger partial charge is 0.0402 e. The summed E-state index contributed by atoms with van der Waals surface area (Å²) in [6.07, 6.45) is 2.68. The van der Waals surface area contributed by atoms with Crippen molar-refractivity contribution in [1.29, 1.82) is 0 Å². The molecule has 78 valence electrons. The lowest BCUT2D eigenvalue weighted by molar-refractivity contribution is 0.695. The fourth-order valence-corrected chi connectivity index (χ4v) is 2.80. The third-order valence-electron chi connectivity index (χ3n) is 2.79. The van der Waals surface area contributed by atoms with Crippen molar-refractivity contribution in [2.75, 3.05) is 5.73 Å². The highest BCUT2D eigenvalue weighted by molar-refractivity contribution is 7.19. The van der Waals surface area contributed by atoms with Crippen LogP contribution >= 0.6 is 11.3 Å². The molecule has 1 fully saturated rings. The van der Waals surface area contributed by atoms with Crippen molar-refractivity contribution >= 4 is 27.1 Å². The minimum atomic E-state index is 0.771. The number of anilines is 1. The summed E-state index contributed by atoms with van der Waals surface area (Å²) in [5, 5.41) is 4.73. The van der Waals surface area contributed by atoms with Gasteiger partial charge in [-0.05, 0) is 31.0 Å². The highest BCUT2D eigenvalue weighted by Gasteiger charge is 2.20. The number of benzene rings is 1. The van der Waals surface area contributed by atoms with Crippen LogP contribution in [0.1, 0.15) is 17.7 Å². The van der Waals surface area contributed by atoms with E-state index in [9.17, 15) is 0 Å². The van der Waals surface area contributed by atoms with Gasteiger partial charge in [-0.3, -0.25) is 0 Å². The third kappa shape index (κ3) is 1.85. The van der Waals surface area contributed by atoms with Gasteiger partial charge in [-0.15, -0.1) is 11.3 Å². The summed E-state index contributed by atoms with van der Waals surface area (Å²) >= 11 is 1.84. The monoisotopic (exact) mass is 218 g/mol. The molecule has 0 amide bonds. The van der Waals surface area contributed by atoms with E-state index in [0.717, 1.165) is 18.3 Å². The van der Waals surface area contributed by atoms with Crippen LogP contribution in [0.4, 0.5) is 5.69 Å². The summed E-state index contributed by atoms with van der Waals surface area (Å²) in [7, 11) is 0. The van der Waals surface area contributed by atoms with Gasteiger partial charge in [0.15, 0.2) is 0 Å². The highest BCUT2D eigenvalue weighted by atomic mass is 32.1. The molecule has 1 aliphatic rings. The summed E-state index contributed by atoms with van der Waals surface area (Å²) < 4.78 is 1.29. The Bertz CT molecular complexity index is 485. The molecule has 1 heterocycles. The first-order chi connectivity index (χ1) is 7.33. The predicted octanol–water partition coefficient (Wildman–Crippen LogP) is 2.74. The first-order valence-corrected chi connectivity index (χ1v) is 6.15. The summed E-state index contributed by atoms with van der Waals surface area (Å²) in [6.45, 7) is 0.990. The van der Waals surface area contributed by atoms with Crippen molar-refractivity contribution in [2.45, 2.75) is 25.4 Å². The van der Waals surface area contributed by atoms with Gasteiger partial charge in [0.2, 0.25) is 0 Å². The van der Waals surface area contributed by atoms with E-state index in [1.54, 1.807) is 0 Å². The fourth-order valence-electron chi connectivity index (χ4n) is 1.76. The fraction of sp³-hybridized carbons (Fsp3) is 0.333. The molecule has 3 N–H and O–H groups in total. The SMILES string of the molecule is Nc1cccc2sc(CNC3CC3)cc12. The molecular weight excluding hydrogens is 204 g/mol. The molecule has 0 saturated heterocycles. The largest absolute Gasteiger partial charge is 0.398 e. The van der Waals surface area contributed by atoms with E-state index in [-0.39, 0.29) is 0 Å². The molecule has 2 nitrogen and oxygen atoms in total. The normalized spacial score (nSPS) is 16.0. The zero-order chi connectivity index (χ0) is 10.3. The Kier molecular flexibility index (Phi) is 2.15. The zero-order valence-electron chi connectivity index (χ0n) is 8.49. The van der Waals surface area contributed by atoms with Gasteiger partial charge in [0, 0.05) is 33.2 Å². The standard InChI is InChI=1S/C12H14N2S/c13-11-2-1-3-12-10(11)6-9(15-12)7-14-8-4-5-8/h1-3,6,8,14H,4-5,7,13H2. The second-order valence-corrected chi connectivity index (χ2v) is 5.30. The Hall–Kier alpha value is -1.06. The minimum Gasteiger partial charge on any atom is -0.398 e. The van der Waals surface area contributed by atoms with Crippen LogP contribution in [0.2, 0.25) is 0 Å². The van der Waals surface area contributed by atoms with E-state index in [1.807, 2.05) is 23.5 Å². The summed E-state index contributed by atoms with van der Waals surface area (Å²) in [6, 6.07) is 9.11. The van der Waals surface area contributed by atoms with E-state index in [4.69, 9.17) is 5.73 Å². The number of nitrogens with two attached hydrogens (primary N) is 1. The van der Waals surface area contributed by atoms with Gasteiger partial charge in [0.05, 0.1) is 0 Å². The molecule has 0 radical (unpaired) electrons. The number of thiophene rings is 1. The van der Waals surface area contributed by atoms with E-state index in [1.165, 1.54) is 27.8 Å². The average Bonchev–Trinajstić information content (AvgIpc) is 2.95. The Morgan fingerprint density at radius 1 is 1.40 bits per heavy atom. The number of nitrogen functional groups attached to an aromatic ring is 1. The lowest BCUT2D eigenvalue weighted by Crippen LogP contribution is -2.14. The maximum absolute atomic E-state index is 5.92. The van der Waals surface area contributed by atoms with Gasteiger partial charge in [-0.2, -0.15) is 0 Å². The lowest BCUT2D eigenvalue weighted by atomic mass is 10.2. The first-order valence-electron chi connectivity index (χ1n) is 5.33. The molecule has 2 aromatic rings. The highest BCUT2D eigenvalue weighted by Crippen LogP contribution is 2.30. The van der Waals surface area contributed by atoms with Crippen LogP contribution in [-0.4, -0.2) is 6.04 Å². The number of fused-ring (bicyclic) bond motifs is 1. The van der Waals surface area contributed by atoms with Crippen LogP contribution < -0.4 is 11.1 Å². The van der Waals surface area contributed by atoms with Crippen LogP contribution in [0.25, 0.3) is 10.1 Å². The second-order valence-electron chi connectivity index (χ2n) is 4.13. The number of rotatable bonds is 3. The van der Waals surface area contributed by atoms with Gasteiger partial charge in [0.25, 0.3) is 0 Å².